The largest absolute Gasteiger partial charge is 0.244 e. The highest BCUT2D eigenvalue weighted by molar-refractivity contribution is 5.82. The first-order chi connectivity index (χ1) is 10.9. The van der Waals surface area contributed by atoms with E-state index in [1.54, 1.807) is 0 Å². The molecule has 0 radical (unpaired) electrons. The lowest BCUT2D eigenvalue weighted by atomic mass is 9.88. The summed E-state index contributed by atoms with van der Waals surface area (Å²) >= 11 is 0. The van der Waals surface area contributed by atoms with Crippen molar-refractivity contribution in [3.8, 4) is 0 Å². The van der Waals surface area contributed by atoms with Crippen LogP contribution in [0.4, 0.5) is 0 Å². The van der Waals surface area contributed by atoms with E-state index in [-0.39, 0.29) is 0 Å². The van der Waals surface area contributed by atoms with Gasteiger partial charge < -0.3 is 0 Å². The van der Waals surface area contributed by atoms with Crippen molar-refractivity contribution in [3.63, 3.8) is 0 Å². The number of benzene rings is 2. The smallest absolute Gasteiger partial charge is 0.131 e. The minimum atomic E-state index is 0.390. The molecule has 0 fully saturated rings. The van der Waals surface area contributed by atoms with Crippen molar-refractivity contribution in [1.82, 2.24) is 10.3 Å². The van der Waals surface area contributed by atoms with E-state index in [0.717, 1.165) is 24.2 Å². The van der Waals surface area contributed by atoms with Crippen molar-refractivity contribution in [3.05, 3.63) is 83.2 Å². The second-order valence-corrected chi connectivity index (χ2v) is 5.65. The molecule has 3 nitrogen and oxygen atoms in total. The van der Waals surface area contributed by atoms with Crippen LogP contribution >= 0.6 is 0 Å². The highest BCUT2D eigenvalue weighted by Crippen LogP contribution is 2.36. The van der Waals surface area contributed by atoms with E-state index in [2.05, 4.69) is 71.0 Å². The molecule has 3 aromatic rings. The van der Waals surface area contributed by atoms with Crippen LogP contribution in [0.5, 0.6) is 0 Å². The summed E-state index contributed by atoms with van der Waals surface area (Å²) in [6.45, 7) is 0. The average molecular weight is 288 g/mol. The molecule has 0 aliphatic heterocycles. The summed E-state index contributed by atoms with van der Waals surface area (Å²) in [5, 5.41) is 8.15. The number of rotatable bonds is 2. The molecular formula is C19H16N2O. The van der Waals surface area contributed by atoms with Crippen molar-refractivity contribution >= 4 is 11.6 Å². The molecule has 1 aliphatic rings. The number of hydrogen-bond acceptors (Lipinski definition) is 3. The second-order valence-electron chi connectivity index (χ2n) is 5.65. The summed E-state index contributed by atoms with van der Waals surface area (Å²) in [5.41, 5.74) is 5.65. The molecule has 2 aromatic carbocycles. The Morgan fingerprint density at radius 3 is 2.32 bits per heavy atom. The van der Waals surface area contributed by atoms with E-state index in [1.807, 2.05) is 6.07 Å². The van der Waals surface area contributed by atoms with Crippen LogP contribution in [-0.4, -0.2) is 10.3 Å². The van der Waals surface area contributed by atoms with Crippen molar-refractivity contribution in [2.75, 3.05) is 0 Å². The van der Waals surface area contributed by atoms with Gasteiger partial charge >= 0.3 is 0 Å². The van der Waals surface area contributed by atoms with Crippen molar-refractivity contribution in [2.24, 2.45) is 0 Å². The molecule has 1 heterocycles. The van der Waals surface area contributed by atoms with E-state index >= 15 is 0 Å². The van der Waals surface area contributed by atoms with Crippen LogP contribution in [0.1, 0.15) is 34.9 Å². The van der Waals surface area contributed by atoms with Gasteiger partial charge in [-0.1, -0.05) is 71.0 Å². The molecular weight excluding hydrogens is 272 g/mol. The fourth-order valence-corrected chi connectivity index (χ4v) is 3.07. The highest BCUT2D eigenvalue weighted by atomic mass is 16.6. The third-order valence-corrected chi connectivity index (χ3v) is 4.22. The predicted molar refractivity (Wildman–Crippen MR) is 86.1 cm³/mol. The first-order valence-corrected chi connectivity index (χ1v) is 7.52. The Morgan fingerprint density at radius 1 is 0.818 bits per heavy atom. The lowest BCUT2D eigenvalue weighted by Gasteiger charge is -2.16. The van der Waals surface area contributed by atoms with Crippen LogP contribution < -0.4 is 0 Å². The molecule has 0 N–H and O–H groups in total. The fourth-order valence-electron chi connectivity index (χ4n) is 3.07. The van der Waals surface area contributed by atoms with Gasteiger partial charge in [0.15, 0.2) is 0 Å². The Balaban J connectivity index is 1.78. The van der Waals surface area contributed by atoms with Crippen LogP contribution in [0.15, 0.2) is 65.3 Å². The summed E-state index contributed by atoms with van der Waals surface area (Å²) in [5.74, 6) is 0.390. The molecule has 1 aromatic heterocycles. The van der Waals surface area contributed by atoms with Gasteiger partial charge in [-0.15, -0.1) is 0 Å². The minimum Gasteiger partial charge on any atom is -0.244 e. The number of fused-ring (bicyclic) bond motifs is 1. The molecule has 1 unspecified atom stereocenters. The Hall–Kier alpha value is -2.68. The quantitative estimate of drug-likeness (QED) is 0.704. The van der Waals surface area contributed by atoms with Gasteiger partial charge in [0.2, 0.25) is 0 Å². The summed E-state index contributed by atoms with van der Waals surface area (Å²) in [6, 6.07) is 21.1. The van der Waals surface area contributed by atoms with Gasteiger partial charge in [-0.2, -0.15) is 0 Å². The van der Waals surface area contributed by atoms with Gasteiger partial charge in [0.1, 0.15) is 11.4 Å². The lowest BCUT2D eigenvalue weighted by molar-refractivity contribution is 0.301. The Kier molecular flexibility index (Phi) is 3.31. The molecule has 1 aliphatic carbocycles. The maximum absolute atomic E-state index is 4.95. The zero-order valence-corrected chi connectivity index (χ0v) is 12.1. The topological polar surface area (TPSA) is 38.9 Å². The first-order valence-electron chi connectivity index (χ1n) is 7.52. The van der Waals surface area contributed by atoms with Gasteiger partial charge in [0, 0.05) is 6.42 Å². The summed E-state index contributed by atoms with van der Waals surface area (Å²) < 4.78 is 4.95. The highest BCUT2D eigenvalue weighted by Gasteiger charge is 2.23. The zero-order valence-electron chi connectivity index (χ0n) is 12.1. The standard InChI is InChI=1S/C19H16N2O/c1-3-7-14(8-4-1)16-11-17(15-9-5-2-6-10-15)13-19-18(12-16)20-22-21-19/h1-10,12,17H,11,13H2. The SMILES string of the molecule is C1=C(c2ccccc2)CC(c2ccccc2)Cc2nonc21. The van der Waals surface area contributed by atoms with Crippen LogP contribution in [0, 0.1) is 0 Å². The van der Waals surface area contributed by atoms with E-state index in [9.17, 15) is 0 Å². The molecule has 3 heteroatoms. The maximum Gasteiger partial charge on any atom is 0.131 e. The molecule has 0 amide bonds. The van der Waals surface area contributed by atoms with Gasteiger partial charge in [-0.05, 0) is 35.1 Å². The third kappa shape index (κ3) is 2.46. The first kappa shape index (κ1) is 13.0. The number of allylic oxidation sites excluding steroid dienone is 1. The molecule has 108 valence electrons. The van der Waals surface area contributed by atoms with E-state index < -0.39 is 0 Å². The van der Waals surface area contributed by atoms with Gasteiger partial charge in [-0.3, -0.25) is 0 Å². The van der Waals surface area contributed by atoms with E-state index in [1.165, 1.54) is 16.7 Å². The van der Waals surface area contributed by atoms with E-state index in [4.69, 9.17) is 4.63 Å². The number of aromatic nitrogens is 2. The van der Waals surface area contributed by atoms with Crippen molar-refractivity contribution < 1.29 is 4.63 Å². The molecule has 4 rings (SSSR count). The van der Waals surface area contributed by atoms with Crippen LogP contribution in [-0.2, 0) is 6.42 Å². The Morgan fingerprint density at radius 2 is 1.55 bits per heavy atom. The molecule has 0 bridgehead atoms. The van der Waals surface area contributed by atoms with E-state index in [0.29, 0.717) is 5.92 Å². The lowest BCUT2D eigenvalue weighted by Crippen LogP contribution is -2.03. The number of hydrogen-bond donors (Lipinski definition) is 0. The van der Waals surface area contributed by atoms with Crippen LogP contribution in [0.3, 0.4) is 0 Å². The average Bonchev–Trinajstić information content (AvgIpc) is 2.94. The fraction of sp³-hybridized carbons (Fsp3) is 0.158. The van der Waals surface area contributed by atoms with Gasteiger partial charge in [-0.25, -0.2) is 4.63 Å². The van der Waals surface area contributed by atoms with Gasteiger partial charge in [0.05, 0.1) is 0 Å². The Bertz CT molecular complexity index is 791. The molecule has 22 heavy (non-hydrogen) atoms. The number of nitrogens with zero attached hydrogens (tertiary/aromatic N) is 2. The van der Waals surface area contributed by atoms with Crippen molar-refractivity contribution in [1.29, 1.82) is 0 Å². The maximum atomic E-state index is 4.95. The summed E-state index contributed by atoms with van der Waals surface area (Å²) in [7, 11) is 0. The normalized spacial score (nSPS) is 17.5. The monoisotopic (exact) mass is 288 g/mol. The Labute approximate surface area is 129 Å². The van der Waals surface area contributed by atoms with Crippen molar-refractivity contribution in [2.45, 2.75) is 18.8 Å². The second kappa shape index (κ2) is 5.60. The third-order valence-electron chi connectivity index (χ3n) is 4.22. The minimum absolute atomic E-state index is 0.390. The molecule has 1 atom stereocenters. The summed E-state index contributed by atoms with van der Waals surface area (Å²) in [4.78, 5) is 0. The molecule has 0 saturated carbocycles. The zero-order chi connectivity index (χ0) is 14.8. The molecule has 0 saturated heterocycles. The predicted octanol–water partition coefficient (Wildman–Crippen LogP) is 4.34. The van der Waals surface area contributed by atoms with Crippen LogP contribution in [0.25, 0.3) is 11.6 Å². The van der Waals surface area contributed by atoms with Gasteiger partial charge in [0.25, 0.3) is 0 Å². The molecule has 0 spiro atoms. The van der Waals surface area contributed by atoms with Crippen LogP contribution in [0.2, 0.25) is 0 Å². The summed E-state index contributed by atoms with van der Waals surface area (Å²) in [6.07, 6.45) is 3.95.